The maximum atomic E-state index is 12.1. The van der Waals surface area contributed by atoms with Crippen LogP contribution in [0.4, 0.5) is 5.69 Å². The molecule has 8 heteroatoms. The van der Waals surface area contributed by atoms with Crippen LogP contribution in [0.5, 0.6) is 11.5 Å². The summed E-state index contributed by atoms with van der Waals surface area (Å²) in [5.74, 6) is 0.917. The Morgan fingerprint density at radius 1 is 1.23 bits per heavy atom. The normalized spacial score (nSPS) is 20.2. The van der Waals surface area contributed by atoms with E-state index in [1.165, 1.54) is 19.7 Å². The largest absolute Gasteiger partial charge is 0.495 e. The number of aliphatic hydroxyl groups is 1. The lowest BCUT2D eigenvalue weighted by Crippen LogP contribution is -2.52. The van der Waals surface area contributed by atoms with Gasteiger partial charge in [0.25, 0.3) is 0 Å². The number of rotatable bonds is 7. The Kier molecular flexibility index (Phi) is 6.31. The number of hydrogen-bond donors (Lipinski definition) is 2. The van der Waals surface area contributed by atoms with Crippen LogP contribution in [-0.4, -0.2) is 52.2 Å². The minimum Gasteiger partial charge on any atom is -0.495 e. The number of aliphatic hydroxyl groups excluding tert-OH is 1. The lowest BCUT2D eigenvalue weighted by Gasteiger charge is -2.43. The highest BCUT2D eigenvalue weighted by Gasteiger charge is 2.43. The van der Waals surface area contributed by atoms with Crippen molar-refractivity contribution in [1.82, 2.24) is 5.32 Å². The number of benzene rings is 2. The monoisotopic (exact) mass is 434 g/mol. The Bertz CT molecular complexity index is 992. The number of methoxy groups -OCH3 is 1. The summed E-state index contributed by atoms with van der Waals surface area (Å²) in [4.78, 5) is 0. The highest BCUT2D eigenvalue weighted by Crippen LogP contribution is 2.45. The van der Waals surface area contributed by atoms with Crippen molar-refractivity contribution in [2.24, 2.45) is 0 Å². The third kappa shape index (κ3) is 4.55. The Morgan fingerprint density at radius 2 is 1.90 bits per heavy atom. The summed E-state index contributed by atoms with van der Waals surface area (Å²) >= 11 is 0. The minimum absolute atomic E-state index is 0.383. The molecule has 2 aromatic carbocycles. The molecular weight excluding hydrogens is 404 g/mol. The van der Waals surface area contributed by atoms with E-state index in [2.05, 4.69) is 17.4 Å². The fourth-order valence-corrected chi connectivity index (χ4v) is 4.14. The van der Waals surface area contributed by atoms with Crippen LogP contribution in [0.1, 0.15) is 31.0 Å². The molecule has 1 heterocycles. The van der Waals surface area contributed by atoms with Gasteiger partial charge in [-0.05, 0) is 38.4 Å². The molecule has 0 radical (unpaired) electrons. The van der Waals surface area contributed by atoms with E-state index in [4.69, 9.17) is 9.47 Å². The van der Waals surface area contributed by atoms with E-state index in [1.807, 2.05) is 32.0 Å². The van der Waals surface area contributed by atoms with Crippen molar-refractivity contribution in [1.29, 1.82) is 0 Å². The van der Waals surface area contributed by atoms with Crippen molar-refractivity contribution < 1.29 is 23.0 Å². The van der Waals surface area contributed by atoms with E-state index in [9.17, 15) is 13.5 Å². The average molecular weight is 435 g/mol. The third-order valence-corrected chi connectivity index (χ3v) is 6.70. The van der Waals surface area contributed by atoms with Crippen molar-refractivity contribution in [2.75, 3.05) is 31.3 Å². The van der Waals surface area contributed by atoms with Crippen LogP contribution in [0.15, 0.2) is 42.5 Å². The summed E-state index contributed by atoms with van der Waals surface area (Å²) < 4.78 is 36.8. The Hall–Kier alpha value is -2.29. The molecule has 30 heavy (non-hydrogen) atoms. The molecule has 1 aliphatic rings. The summed E-state index contributed by atoms with van der Waals surface area (Å²) in [5.41, 5.74) is 1.47. The molecule has 2 atom stereocenters. The minimum atomic E-state index is -3.48. The first-order valence-electron chi connectivity index (χ1n) is 9.85. The van der Waals surface area contributed by atoms with E-state index in [1.54, 1.807) is 12.1 Å². The van der Waals surface area contributed by atoms with Gasteiger partial charge < -0.3 is 19.9 Å². The van der Waals surface area contributed by atoms with Crippen molar-refractivity contribution in [3.8, 4) is 11.5 Å². The summed E-state index contributed by atoms with van der Waals surface area (Å²) in [6.07, 6.45) is 1.14. The number of sulfonamides is 1. The molecule has 1 aliphatic heterocycles. The highest BCUT2D eigenvalue weighted by atomic mass is 32.2. The number of nitrogens with one attached hydrogen (secondary N) is 1. The summed E-state index contributed by atoms with van der Waals surface area (Å²) in [6.45, 7) is 4.29. The van der Waals surface area contributed by atoms with E-state index in [0.29, 0.717) is 23.7 Å². The molecule has 0 saturated carbocycles. The third-order valence-electron chi connectivity index (χ3n) is 5.50. The number of nitrogens with zero attached hydrogens (tertiary/aromatic N) is 1. The number of hydrogen-bond acceptors (Lipinski definition) is 6. The first kappa shape index (κ1) is 22.4. The molecule has 0 saturated heterocycles. The van der Waals surface area contributed by atoms with Gasteiger partial charge in [0, 0.05) is 18.7 Å². The van der Waals surface area contributed by atoms with E-state index in [0.717, 1.165) is 22.5 Å². The smallest absolute Gasteiger partial charge is 0.232 e. The standard InChI is InChI=1S/C22H30N2O5S/c1-22(2)21(25)20(23-12-11-15-9-7-6-8-10-15)16-13-19(28-4)17(14-18(16)29-22)24(3)30(5,26)27/h6-10,13-14,20-21,23,25H,11-12H2,1-5H3/t20-,21+/m0/s1. The topological polar surface area (TPSA) is 88.1 Å². The molecule has 3 rings (SSSR count). The van der Waals surface area contributed by atoms with Crippen LogP contribution in [0.3, 0.4) is 0 Å². The van der Waals surface area contributed by atoms with E-state index in [-0.39, 0.29) is 6.04 Å². The summed E-state index contributed by atoms with van der Waals surface area (Å²) in [7, 11) is -0.521. The van der Waals surface area contributed by atoms with Gasteiger partial charge in [-0.2, -0.15) is 0 Å². The van der Waals surface area contributed by atoms with Crippen LogP contribution in [-0.2, 0) is 16.4 Å². The van der Waals surface area contributed by atoms with E-state index < -0.39 is 21.7 Å². The van der Waals surface area contributed by atoms with Gasteiger partial charge in [0.15, 0.2) is 0 Å². The number of fused-ring (bicyclic) bond motifs is 1. The van der Waals surface area contributed by atoms with Gasteiger partial charge in [-0.25, -0.2) is 8.42 Å². The van der Waals surface area contributed by atoms with Crippen molar-refractivity contribution in [3.63, 3.8) is 0 Å². The molecule has 2 aromatic rings. The first-order valence-corrected chi connectivity index (χ1v) is 11.7. The maximum absolute atomic E-state index is 12.1. The predicted molar refractivity (Wildman–Crippen MR) is 118 cm³/mol. The Balaban J connectivity index is 1.95. The molecular formula is C22H30N2O5S. The van der Waals surface area contributed by atoms with Gasteiger partial charge in [0.05, 0.1) is 25.1 Å². The van der Waals surface area contributed by atoms with Crippen LogP contribution < -0.4 is 19.1 Å². The molecule has 0 amide bonds. The van der Waals surface area contributed by atoms with Crippen LogP contribution >= 0.6 is 0 Å². The fourth-order valence-electron chi connectivity index (χ4n) is 3.64. The Labute approximate surface area is 178 Å². The predicted octanol–water partition coefficient (Wildman–Crippen LogP) is 2.50. The molecule has 0 unspecified atom stereocenters. The lowest BCUT2D eigenvalue weighted by atomic mass is 9.86. The molecule has 7 nitrogen and oxygen atoms in total. The molecule has 0 bridgehead atoms. The number of ether oxygens (including phenoxy) is 2. The second-order valence-electron chi connectivity index (χ2n) is 8.11. The molecule has 0 aromatic heterocycles. The molecule has 0 fully saturated rings. The van der Waals surface area contributed by atoms with Crippen LogP contribution in [0, 0.1) is 0 Å². The molecule has 0 spiro atoms. The van der Waals surface area contributed by atoms with Gasteiger partial charge in [0.1, 0.15) is 23.2 Å². The maximum Gasteiger partial charge on any atom is 0.232 e. The number of anilines is 1. The second kappa shape index (κ2) is 8.45. The molecule has 2 N–H and O–H groups in total. The SMILES string of the molecule is COc1cc2c(cc1N(C)S(C)(=O)=O)OC(C)(C)[C@H](O)[C@H]2NCCc1ccccc1. The fraction of sp³-hybridized carbons (Fsp3) is 0.455. The molecule has 0 aliphatic carbocycles. The summed E-state index contributed by atoms with van der Waals surface area (Å²) in [6, 6.07) is 13.1. The van der Waals surface area contributed by atoms with Gasteiger partial charge in [-0.15, -0.1) is 0 Å². The van der Waals surface area contributed by atoms with Crippen molar-refractivity contribution in [3.05, 3.63) is 53.6 Å². The van der Waals surface area contributed by atoms with Crippen molar-refractivity contribution >= 4 is 15.7 Å². The van der Waals surface area contributed by atoms with Gasteiger partial charge in [0.2, 0.25) is 10.0 Å². The van der Waals surface area contributed by atoms with Crippen LogP contribution in [0.2, 0.25) is 0 Å². The second-order valence-corrected chi connectivity index (χ2v) is 10.1. The van der Waals surface area contributed by atoms with Gasteiger partial charge in [-0.1, -0.05) is 30.3 Å². The zero-order chi connectivity index (χ0) is 22.1. The summed E-state index contributed by atoms with van der Waals surface area (Å²) in [5, 5.41) is 14.4. The van der Waals surface area contributed by atoms with E-state index >= 15 is 0 Å². The zero-order valence-electron chi connectivity index (χ0n) is 18.0. The highest BCUT2D eigenvalue weighted by molar-refractivity contribution is 7.92. The first-order chi connectivity index (χ1) is 14.0. The molecule has 164 valence electrons. The zero-order valence-corrected chi connectivity index (χ0v) is 18.9. The quantitative estimate of drug-likeness (QED) is 0.696. The van der Waals surface area contributed by atoms with Gasteiger partial charge >= 0.3 is 0 Å². The Morgan fingerprint density at radius 3 is 2.50 bits per heavy atom. The van der Waals surface area contributed by atoms with Gasteiger partial charge in [-0.3, -0.25) is 4.31 Å². The lowest BCUT2D eigenvalue weighted by molar-refractivity contribution is -0.0644. The average Bonchev–Trinajstić information content (AvgIpc) is 2.69. The van der Waals surface area contributed by atoms with Crippen molar-refractivity contribution in [2.45, 2.75) is 38.0 Å². The van der Waals surface area contributed by atoms with Crippen LogP contribution in [0.25, 0.3) is 0 Å².